The van der Waals surface area contributed by atoms with Gasteiger partial charge in [0, 0.05) is 0 Å². The summed E-state index contributed by atoms with van der Waals surface area (Å²) in [6, 6.07) is 0. The first-order valence-electron chi connectivity index (χ1n) is 5.39. The highest BCUT2D eigenvalue weighted by molar-refractivity contribution is 5.27. The lowest BCUT2D eigenvalue weighted by molar-refractivity contribution is 0.553. The van der Waals surface area contributed by atoms with Gasteiger partial charge in [0.2, 0.25) is 0 Å². The van der Waals surface area contributed by atoms with Crippen LogP contribution in [0.4, 0.5) is 0 Å². The summed E-state index contributed by atoms with van der Waals surface area (Å²) in [5.41, 5.74) is 1.59. The Balaban J connectivity index is 2.01. The summed E-state index contributed by atoms with van der Waals surface area (Å²) in [5, 5.41) is 0. The van der Waals surface area contributed by atoms with Crippen molar-refractivity contribution in [1.29, 1.82) is 0 Å². The van der Waals surface area contributed by atoms with Crippen LogP contribution in [0.2, 0.25) is 0 Å². The maximum absolute atomic E-state index is 2.44. The van der Waals surface area contributed by atoms with Gasteiger partial charge in [0.1, 0.15) is 0 Å². The third-order valence-corrected chi connectivity index (χ3v) is 3.08. The summed E-state index contributed by atoms with van der Waals surface area (Å²) >= 11 is 0. The van der Waals surface area contributed by atoms with Crippen LogP contribution in [0.25, 0.3) is 0 Å². The van der Waals surface area contributed by atoms with E-state index in [4.69, 9.17) is 0 Å². The van der Waals surface area contributed by atoms with Crippen LogP contribution in [0.3, 0.4) is 0 Å². The summed E-state index contributed by atoms with van der Waals surface area (Å²) in [5.74, 6) is 1.57. The van der Waals surface area contributed by atoms with E-state index in [2.05, 4.69) is 37.3 Å². The second-order valence-electron chi connectivity index (χ2n) is 4.26. The fraction of sp³-hybridized carbons (Fsp3) is 0.538. The van der Waals surface area contributed by atoms with Gasteiger partial charge in [-0.25, -0.2) is 0 Å². The van der Waals surface area contributed by atoms with Crippen LogP contribution in [-0.2, 0) is 0 Å². The third kappa shape index (κ3) is 2.12. The quantitative estimate of drug-likeness (QED) is 0.529. The van der Waals surface area contributed by atoms with Gasteiger partial charge in [-0.1, -0.05) is 37.3 Å². The number of hydrogen-bond acceptors (Lipinski definition) is 0. The molecule has 0 heteroatoms. The molecule has 2 rings (SSSR count). The fourth-order valence-electron chi connectivity index (χ4n) is 2.14. The van der Waals surface area contributed by atoms with E-state index in [0.717, 1.165) is 11.8 Å². The highest BCUT2D eigenvalue weighted by atomic mass is 14.2. The Bertz CT molecular complexity index is 255. The van der Waals surface area contributed by atoms with Crippen LogP contribution in [0.15, 0.2) is 36.0 Å². The Kier molecular flexibility index (Phi) is 2.68. The van der Waals surface area contributed by atoms with Gasteiger partial charge >= 0.3 is 0 Å². The van der Waals surface area contributed by atoms with Crippen molar-refractivity contribution >= 4 is 0 Å². The fourth-order valence-corrected chi connectivity index (χ4v) is 2.14. The molecule has 0 heterocycles. The second-order valence-corrected chi connectivity index (χ2v) is 4.26. The second kappa shape index (κ2) is 3.95. The molecule has 0 saturated heterocycles. The monoisotopic (exact) mass is 174 g/mol. The van der Waals surface area contributed by atoms with Crippen molar-refractivity contribution in [2.75, 3.05) is 0 Å². The first-order chi connectivity index (χ1) is 6.36. The summed E-state index contributed by atoms with van der Waals surface area (Å²) in [6.07, 6.45) is 16.9. The van der Waals surface area contributed by atoms with Crippen molar-refractivity contribution < 1.29 is 0 Å². The van der Waals surface area contributed by atoms with Crippen molar-refractivity contribution in [2.24, 2.45) is 11.8 Å². The zero-order valence-corrected chi connectivity index (χ0v) is 8.37. The van der Waals surface area contributed by atoms with Gasteiger partial charge in [0.15, 0.2) is 0 Å². The van der Waals surface area contributed by atoms with Crippen LogP contribution < -0.4 is 0 Å². The van der Waals surface area contributed by atoms with Crippen LogP contribution in [0, 0.1) is 11.8 Å². The maximum Gasteiger partial charge on any atom is -0.0128 e. The van der Waals surface area contributed by atoms with Gasteiger partial charge in [0.05, 0.1) is 0 Å². The van der Waals surface area contributed by atoms with Gasteiger partial charge in [-0.15, -0.1) is 0 Å². The van der Waals surface area contributed by atoms with E-state index < -0.39 is 0 Å². The molecule has 13 heavy (non-hydrogen) atoms. The van der Waals surface area contributed by atoms with E-state index in [-0.39, 0.29) is 0 Å². The number of hydrogen-bond donors (Lipinski definition) is 0. The average molecular weight is 174 g/mol. The molecule has 0 N–H and O–H groups in total. The Morgan fingerprint density at radius 3 is 2.77 bits per heavy atom. The number of rotatable bonds is 1. The van der Waals surface area contributed by atoms with Crippen LogP contribution in [0.1, 0.15) is 32.6 Å². The third-order valence-electron chi connectivity index (χ3n) is 3.08. The van der Waals surface area contributed by atoms with E-state index >= 15 is 0 Å². The highest BCUT2D eigenvalue weighted by Gasteiger charge is 2.14. The Labute approximate surface area is 81.0 Å². The molecule has 0 spiro atoms. The molecule has 70 valence electrons. The van der Waals surface area contributed by atoms with Gasteiger partial charge in [0.25, 0.3) is 0 Å². The Morgan fingerprint density at radius 2 is 2.15 bits per heavy atom. The molecule has 0 radical (unpaired) electrons. The molecule has 0 nitrogen and oxygen atoms in total. The molecule has 0 aliphatic heterocycles. The molecular weight excluding hydrogens is 156 g/mol. The van der Waals surface area contributed by atoms with E-state index in [9.17, 15) is 0 Å². The first-order valence-corrected chi connectivity index (χ1v) is 5.39. The molecule has 2 aliphatic rings. The zero-order valence-electron chi connectivity index (χ0n) is 8.37. The molecule has 0 amide bonds. The van der Waals surface area contributed by atoms with Crippen molar-refractivity contribution in [2.45, 2.75) is 32.6 Å². The van der Waals surface area contributed by atoms with E-state index in [1.165, 1.54) is 25.7 Å². The minimum Gasteiger partial charge on any atom is -0.0885 e. The predicted molar refractivity (Wildman–Crippen MR) is 57.5 cm³/mol. The molecule has 0 aromatic heterocycles. The van der Waals surface area contributed by atoms with E-state index in [1.807, 2.05) is 0 Å². The van der Waals surface area contributed by atoms with Crippen molar-refractivity contribution in [3.63, 3.8) is 0 Å². The molecule has 2 aliphatic carbocycles. The van der Waals surface area contributed by atoms with Gasteiger partial charge in [-0.3, -0.25) is 0 Å². The van der Waals surface area contributed by atoms with Crippen LogP contribution in [-0.4, -0.2) is 0 Å². The standard InChI is InChI=1S/C13H18/c1-11-7-9-13(10-8-11)12-5-3-2-4-6-12/h2-3,7,9-12H,4-6,8H2,1H3. The van der Waals surface area contributed by atoms with Gasteiger partial charge in [-0.05, 0) is 43.1 Å². The topological polar surface area (TPSA) is 0 Å². The Hall–Kier alpha value is -0.780. The summed E-state index contributed by atoms with van der Waals surface area (Å²) < 4.78 is 0. The molecule has 2 atom stereocenters. The van der Waals surface area contributed by atoms with Gasteiger partial charge in [-0.2, -0.15) is 0 Å². The molecule has 0 bridgehead atoms. The highest BCUT2D eigenvalue weighted by Crippen LogP contribution is 2.29. The minimum absolute atomic E-state index is 0.753. The van der Waals surface area contributed by atoms with E-state index in [1.54, 1.807) is 5.57 Å². The maximum atomic E-state index is 2.44. The lowest BCUT2D eigenvalue weighted by Gasteiger charge is -2.22. The smallest absolute Gasteiger partial charge is 0.0128 e. The van der Waals surface area contributed by atoms with Gasteiger partial charge < -0.3 is 0 Å². The molecule has 0 aromatic carbocycles. The SMILES string of the molecule is CC1C=CC(C2CC=CCC2)=CC1. The molecule has 2 unspecified atom stereocenters. The van der Waals surface area contributed by atoms with E-state index in [0.29, 0.717) is 0 Å². The average Bonchev–Trinajstić information content (AvgIpc) is 2.20. The molecule has 0 saturated carbocycles. The summed E-state index contributed by atoms with van der Waals surface area (Å²) in [7, 11) is 0. The first kappa shape index (κ1) is 8.80. The largest absolute Gasteiger partial charge is 0.0885 e. The number of allylic oxidation sites excluding steroid dienone is 6. The van der Waals surface area contributed by atoms with Crippen molar-refractivity contribution in [3.05, 3.63) is 36.0 Å². The lowest BCUT2D eigenvalue weighted by Crippen LogP contribution is -2.07. The Morgan fingerprint density at radius 1 is 1.23 bits per heavy atom. The van der Waals surface area contributed by atoms with Crippen molar-refractivity contribution in [3.8, 4) is 0 Å². The normalized spacial score (nSPS) is 33.2. The minimum atomic E-state index is 0.753. The molecular formula is C13H18. The van der Waals surface area contributed by atoms with Crippen LogP contribution in [0.5, 0.6) is 0 Å². The lowest BCUT2D eigenvalue weighted by atomic mass is 9.83. The summed E-state index contributed by atoms with van der Waals surface area (Å²) in [6.45, 7) is 2.28. The zero-order chi connectivity index (χ0) is 9.10. The van der Waals surface area contributed by atoms with Crippen LogP contribution >= 0.6 is 0 Å². The van der Waals surface area contributed by atoms with Crippen molar-refractivity contribution in [1.82, 2.24) is 0 Å². The summed E-state index contributed by atoms with van der Waals surface area (Å²) in [4.78, 5) is 0. The predicted octanol–water partition coefficient (Wildman–Crippen LogP) is 3.87. The molecule has 0 fully saturated rings. The molecule has 0 aromatic rings.